The van der Waals surface area contributed by atoms with Crippen LogP contribution in [-0.4, -0.2) is 23.5 Å². The number of carbonyl (C=O) groups excluding carboxylic acids is 1. The third-order valence-corrected chi connectivity index (χ3v) is 2.52. The summed E-state index contributed by atoms with van der Waals surface area (Å²) in [5.74, 6) is 1.38. The number of aromatic nitrogens is 2. The highest BCUT2D eigenvalue weighted by Gasteiger charge is 2.12. The SMILES string of the molecule is COC1=C(c2cc(NC=O)ncn2)C=CCC1. The number of ether oxygens (including phenoxy) is 1. The Bertz CT molecular complexity index is 480. The van der Waals surface area contributed by atoms with Gasteiger partial charge in [-0.2, -0.15) is 0 Å². The van der Waals surface area contributed by atoms with Crippen molar-refractivity contribution in [3.05, 3.63) is 36.0 Å². The molecule has 2 rings (SSSR count). The molecule has 1 aliphatic rings. The number of anilines is 1. The molecule has 1 amide bonds. The smallest absolute Gasteiger partial charge is 0.212 e. The summed E-state index contributed by atoms with van der Waals surface area (Å²) in [5.41, 5.74) is 1.69. The molecule has 0 radical (unpaired) electrons. The molecule has 0 aromatic carbocycles. The Labute approximate surface area is 99.2 Å². The van der Waals surface area contributed by atoms with Gasteiger partial charge in [0, 0.05) is 18.1 Å². The number of hydrogen-bond donors (Lipinski definition) is 1. The lowest BCUT2D eigenvalue weighted by molar-refractivity contribution is -0.105. The van der Waals surface area contributed by atoms with Crippen LogP contribution in [-0.2, 0) is 9.53 Å². The number of hydrogen-bond acceptors (Lipinski definition) is 4. The Kier molecular flexibility index (Phi) is 3.49. The number of carbonyl (C=O) groups is 1. The van der Waals surface area contributed by atoms with E-state index in [1.54, 1.807) is 13.2 Å². The molecule has 0 aliphatic heterocycles. The standard InChI is InChI=1S/C12H13N3O2/c1-17-11-5-3-2-4-9(11)10-6-12(15-8-16)14-7-13-10/h2,4,6-8H,3,5H2,1H3,(H,13,14,15,16). The normalized spacial score (nSPS) is 14.6. The summed E-state index contributed by atoms with van der Waals surface area (Å²) >= 11 is 0. The van der Waals surface area contributed by atoms with Gasteiger partial charge < -0.3 is 10.1 Å². The fraction of sp³-hybridized carbons (Fsp3) is 0.250. The monoisotopic (exact) mass is 231 g/mol. The molecule has 1 heterocycles. The molecule has 5 heteroatoms. The minimum Gasteiger partial charge on any atom is -0.500 e. The molecule has 1 N–H and O–H groups in total. The van der Waals surface area contributed by atoms with Gasteiger partial charge >= 0.3 is 0 Å². The van der Waals surface area contributed by atoms with Crippen LogP contribution < -0.4 is 5.32 Å². The van der Waals surface area contributed by atoms with Gasteiger partial charge in [-0.3, -0.25) is 4.79 Å². The molecule has 5 nitrogen and oxygen atoms in total. The number of nitrogens with one attached hydrogen (secondary N) is 1. The second-order valence-electron chi connectivity index (χ2n) is 3.53. The summed E-state index contributed by atoms with van der Waals surface area (Å²) in [7, 11) is 1.65. The van der Waals surface area contributed by atoms with Gasteiger partial charge in [0.05, 0.1) is 12.8 Å². The van der Waals surface area contributed by atoms with Crippen LogP contribution in [0.25, 0.3) is 5.57 Å². The molecule has 1 aliphatic carbocycles. The van der Waals surface area contributed by atoms with Gasteiger partial charge in [0.25, 0.3) is 0 Å². The predicted molar refractivity (Wildman–Crippen MR) is 64.0 cm³/mol. The highest BCUT2D eigenvalue weighted by atomic mass is 16.5. The first-order chi connectivity index (χ1) is 8.35. The van der Waals surface area contributed by atoms with E-state index in [0.29, 0.717) is 12.2 Å². The number of methoxy groups -OCH3 is 1. The minimum absolute atomic E-state index is 0.479. The van der Waals surface area contributed by atoms with Gasteiger partial charge in [0.2, 0.25) is 6.41 Å². The number of allylic oxidation sites excluding steroid dienone is 4. The highest BCUT2D eigenvalue weighted by Crippen LogP contribution is 2.27. The Morgan fingerprint density at radius 1 is 1.47 bits per heavy atom. The molecular weight excluding hydrogens is 218 g/mol. The molecular formula is C12H13N3O2. The van der Waals surface area contributed by atoms with E-state index in [9.17, 15) is 4.79 Å². The Morgan fingerprint density at radius 2 is 2.35 bits per heavy atom. The van der Waals surface area contributed by atoms with E-state index < -0.39 is 0 Å². The van der Waals surface area contributed by atoms with E-state index in [0.717, 1.165) is 29.9 Å². The van der Waals surface area contributed by atoms with Crippen molar-refractivity contribution in [1.29, 1.82) is 0 Å². The van der Waals surface area contributed by atoms with Gasteiger partial charge in [-0.05, 0) is 6.42 Å². The van der Waals surface area contributed by atoms with Crippen molar-refractivity contribution < 1.29 is 9.53 Å². The molecule has 0 atom stereocenters. The lowest BCUT2D eigenvalue weighted by atomic mass is 10.0. The summed E-state index contributed by atoms with van der Waals surface area (Å²) in [4.78, 5) is 18.5. The van der Waals surface area contributed by atoms with E-state index in [1.165, 1.54) is 6.33 Å². The zero-order valence-corrected chi connectivity index (χ0v) is 9.51. The van der Waals surface area contributed by atoms with Crippen LogP contribution in [0.2, 0.25) is 0 Å². The molecule has 1 aromatic heterocycles. The maximum Gasteiger partial charge on any atom is 0.212 e. The van der Waals surface area contributed by atoms with Crippen LogP contribution in [0.1, 0.15) is 18.5 Å². The van der Waals surface area contributed by atoms with Crippen molar-refractivity contribution in [2.24, 2.45) is 0 Å². The van der Waals surface area contributed by atoms with Crippen LogP contribution >= 0.6 is 0 Å². The molecule has 0 saturated heterocycles. The molecule has 1 aromatic rings. The van der Waals surface area contributed by atoms with Crippen molar-refractivity contribution in [2.45, 2.75) is 12.8 Å². The van der Waals surface area contributed by atoms with Gasteiger partial charge in [-0.1, -0.05) is 12.2 Å². The fourth-order valence-corrected chi connectivity index (χ4v) is 1.73. The zero-order valence-electron chi connectivity index (χ0n) is 9.51. The fourth-order valence-electron chi connectivity index (χ4n) is 1.73. The van der Waals surface area contributed by atoms with Crippen molar-refractivity contribution in [2.75, 3.05) is 12.4 Å². The van der Waals surface area contributed by atoms with Gasteiger partial charge in [-0.15, -0.1) is 0 Å². The van der Waals surface area contributed by atoms with Crippen molar-refractivity contribution in [3.63, 3.8) is 0 Å². The summed E-state index contributed by atoms with van der Waals surface area (Å²) in [6, 6.07) is 1.72. The molecule has 88 valence electrons. The lowest BCUT2D eigenvalue weighted by Crippen LogP contribution is -2.02. The van der Waals surface area contributed by atoms with Gasteiger partial charge in [0.15, 0.2) is 0 Å². The summed E-state index contributed by atoms with van der Waals surface area (Å²) in [5, 5.41) is 2.50. The van der Waals surface area contributed by atoms with E-state index in [2.05, 4.69) is 21.4 Å². The third kappa shape index (κ3) is 2.50. The maximum absolute atomic E-state index is 10.4. The largest absolute Gasteiger partial charge is 0.500 e. The first kappa shape index (κ1) is 11.3. The van der Waals surface area contributed by atoms with Crippen LogP contribution in [0.3, 0.4) is 0 Å². The lowest BCUT2D eigenvalue weighted by Gasteiger charge is -2.14. The Morgan fingerprint density at radius 3 is 3.12 bits per heavy atom. The summed E-state index contributed by atoms with van der Waals surface area (Å²) in [6.45, 7) is 0. The average molecular weight is 231 g/mol. The van der Waals surface area contributed by atoms with Crippen molar-refractivity contribution in [3.8, 4) is 0 Å². The first-order valence-electron chi connectivity index (χ1n) is 5.31. The first-order valence-corrected chi connectivity index (χ1v) is 5.31. The second-order valence-corrected chi connectivity index (χ2v) is 3.53. The molecule has 0 fully saturated rings. The molecule has 17 heavy (non-hydrogen) atoms. The maximum atomic E-state index is 10.4. The van der Waals surface area contributed by atoms with Crippen molar-refractivity contribution >= 4 is 17.8 Å². The molecule has 0 bridgehead atoms. The number of rotatable bonds is 4. The zero-order chi connectivity index (χ0) is 12.1. The van der Waals surface area contributed by atoms with Crippen molar-refractivity contribution in [1.82, 2.24) is 9.97 Å². The quantitative estimate of drug-likeness (QED) is 0.802. The summed E-state index contributed by atoms with van der Waals surface area (Å²) < 4.78 is 5.34. The predicted octanol–water partition coefficient (Wildman–Crippen LogP) is 1.75. The van der Waals surface area contributed by atoms with E-state index in [-0.39, 0.29) is 0 Å². The van der Waals surface area contributed by atoms with Crippen LogP contribution in [0.15, 0.2) is 30.3 Å². The van der Waals surface area contributed by atoms with E-state index >= 15 is 0 Å². The molecule has 0 saturated carbocycles. The second kappa shape index (κ2) is 5.25. The van der Waals surface area contributed by atoms with E-state index in [1.807, 2.05) is 6.08 Å². The minimum atomic E-state index is 0.479. The van der Waals surface area contributed by atoms with Crippen LogP contribution in [0.4, 0.5) is 5.82 Å². The van der Waals surface area contributed by atoms with Gasteiger partial charge in [-0.25, -0.2) is 9.97 Å². The van der Waals surface area contributed by atoms with Crippen LogP contribution in [0, 0.1) is 0 Å². The van der Waals surface area contributed by atoms with E-state index in [4.69, 9.17) is 4.74 Å². The third-order valence-electron chi connectivity index (χ3n) is 2.52. The molecule has 0 unspecified atom stereocenters. The number of amides is 1. The Balaban J connectivity index is 2.38. The van der Waals surface area contributed by atoms with Gasteiger partial charge in [0.1, 0.15) is 17.9 Å². The Hall–Kier alpha value is -2.17. The number of nitrogens with zero attached hydrogens (tertiary/aromatic N) is 2. The van der Waals surface area contributed by atoms with Crippen LogP contribution in [0.5, 0.6) is 0 Å². The average Bonchev–Trinajstić information content (AvgIpc) is 2.39. The topological polar surface area (TPSA) is 64.1 Å². The summed E-state index contributed by atoms with van der Waals surface area (Å²) in [6.07, 6.45) is 7.90. The molecule has 0 spiro atoms. The highest BCUT2D eigenvalue weighted by molar-refractivity contribution is 5.77.